The van der Waals surface area contributed by atoms with Crippen LogP contribution in [-0.4, -0.2) is 20.4 Å². The number of carbonyl (C=O) groups is 2. The molecule has 0 aliphatic carbocycles. The van der Waals surface area contributed by atoms with E-state index in [1.807, 2.05) is 5.32 Å². The number of benzene rings is 2. The first kappa shape index (κ1) is 17.4. The van der Waals surface area contributed by atoms with Crippen LogP contribution in [0.1, 0.15) is 10.4 Å². The van der Waals surface area contributed by atoms with Crippen LogP contribution in [-0.2, 0) is 10.0 Å². The third kappa shape index (κ3) is 4.76. The highest BCUT2D eigenvalue weighted by Crippen LogP contribution is 2.11. The van der Waals surface area contributed by atoms with E-state index >= 15 is 0 Å². The number of rotatable bonds is 4. The van der Waals surface area contributed by atoms with Gasteiger partial charge in [0.15, 0.2) is 0 Å². The number of hydrogen-bond donors (Lipinski definition) is 4. The van der Waals surface area contributed by atoms with Gasteiger partial charge in [0.2, 0.25) is 10.0 Å². The summed E-state index contributed by atoms with van der Waals surface area (Å²) in [6, 6.07) is 9.07. The van der Waals surface area contributed by atoms with Crippen LogP contribution < -0.4 is 21.3 Å². The second-order valence-corrected chi connectivity index (χ2v) is 6.17. The molecule has 8 nitrogen and oxygen atoms in total. The summed E-state index contributed by atoms with van der Waals surface area (Å²) in [6.45, 7) is 0. The van der Waals surface area contributed by atoms with E-state index in [-0.39, 0.29) is 10.5 Å². The third-order valence-corrected chi connectivity index (χ3v) is 3.77. The standard InChI is InChI=1S/C14H13FN4O4S/c15-10-3-1-9(2-4-10)13(20)17-14(21)19-18-11-5-7-12(8-6-11)24(16,22)23/h1-8,18H,(H2,16,22,23)(H2,17,19,20,21). The predicted octanol–water partition coefficient (Wildman–Crippen LogP) is 0.940. The van der Waals surface area contributed by atoms with Crippen molar-refractivity contribution in [3.05, 3.63) is 59.9 Å². The van der Waals surface area contributed by atoms with E-state index < -0.39 is 27.8 Å². The van der Waals surface area contributed by atoms with Crippen LogP contribution >= 0.6 is 0 Å². The summed E-state index contributed by atoms with van der Waals surface area (Å²) in [5, 5.41) is 6.99. The minimum Gasteiger partial charge on any atom is -0.297 e. The van der Waals surface area contributed by atoms with E-state index in [0.717, 1.165) is 12.1 Å². The average molecular weight is 352 g/mol. The first-order valence-corrected chi connectivity index (χ1v) is 8.06. The maximum Gasteiger partial charge on any atom is 0.340 e. The van der Waals surface area contributed by atoms with Crippen molar-refractivity contribution in [2.24, 2.45) is 5.14 Å². The Hall–Kier alpha value is -2.98. The van der Waals surface area contributed by atoms with Crippen LogP contribution in [0, 0.1) is 5.82 Å². The van der Waals surface area contributed by atoms with Gasteiger partial charge in [-0.15, -0.1) is 0 Å². The minimum atomic E-state index is -3.80. The second kappa shape index (κ2) is 7.06. The highest BCUT2D eigenvalue weighted by Gasteiger charge is 2.10. The molecule has 10 heteroatoms. The molecule has 0 aliphatic heterocycles. The number of urea groups is 1. The number of imide groups is 1. The van der Waals surface area contributed by atoms with Gasteiger partial charge in [0.25, 0.3) is 5.91 Å². The number of halogens is 1. The Kier molecular flexibility index (Phi) is 5.11. The highest BCUT2D eigenvalue weighted by molar-refractivity contribution is 7.89. The number of nitrogens with two attached hydrogens (primary N) is 1. The van der Waals surface area contributed by atoms with Crippen LogP contribution in [0.4, 0.5) is 14.9 Å². The molecule has 0 unspecified atom stereocenters. The van der Waals surface area contributed by atoms with E-state index in [4.69, 9.17) is 5.14 Å². The molecule has 24 heavy (non-hydrogen) atoms. The van der Waals surface area contributed by atoms with Crippen molar-refractivity contribution in [1.82, 2.24) is 10.7 Å². The van der Waals surface area contributed by atoms with Gasteiger partial charge in [-0.3, -0.25) is 21.0 Å². The van der Waals surface area contributed by atoms with Crippen LogP contribution in [0.2, 0.25) is 0 Å². The van der Waals surface area contributed by atoms with Crippen molar-refractivity contribution in [1.29, 1.82) is 0 Å². The van der Waals surface area contributed by atoms with Gasteiger partial charge in [-0.25, -0.2) is 22.7 Å². The minimum absolute atomic E-state index is 0.0796. The summed E-state index contributed by atoms with van der Waals surface area (Å²) in [7, 11) is -3.80. The van der Waals surface area contributed by atoms with Crippen molar-refractivity contribution >= 4 is 27.6 Å². The first-order valence-electron chi connectivity index (χ1n) is 6.51. The number of amides is 3. The lowest BCUT2D eigenvalue weighted by atomic mass is 10.2. The molecule has 0 spiro atoms. The van der Waals surface area contributed by atoms with Crippen LogP contribution in [0.5, 0.6) is 0 Å². The lowest BCUT2D eigenvalue weighted by Crippen LogP contribution is -2.42. The van der Waals surface area contributed by atoms with Gasteiger partial charge in [0.1, 0.15) is 5.82 Å². The van der Waals surface area contributed by atoms with Gasteiger partial charge in [0, 0.05) is 5.56 Å². The average Bonchev–Trinajstić information content (AvgIpc) is 2.53. The summed E-state index contributed by atoms with van der Waals surface area (Å²) in [5.74, 6) is -1.21. The molecule has 2 aromatic rings. The monoisotopic (exact) mass is 352 g/mol. The van der Waals surface area contributed by atoms with Gasteiger partial charge in [-0.1, -0.05) is 0 Å². The summed E-state index contributed by atoms with van der Waals surface area (Å²) in [5.41, 5.74) is 5.15. The lowest BCUT2D eigenvalue weighted by molar-refractivity contribution is 0.0964. The Morgan fingerprint density at radius 2 is 1.54 bits per heavy atom. The van der Waals surface area contributed by atoms with Crippen molar-refractivity contribution in [2.45, 2.75) is 4.90 Å². The number of nitrogens with one attached hydrogen (secondary N) is 3. The molecule has 0 atom stereocenters. The molecule has 3 amide bonds. The van der Waals surface area contributed by atoms with Crippen molar-refractivity contribution < 1.29 is 22.4 Å². The van der Waals surface area contributed by atoms with E-state index in [0.29, 0.717) is 5.69 Å². The van der Waals surface area contributed by atoms with Crippen LogP contribution in [0.3, 0.4) is 0 Å². The zero-order valence-electron chi connectivity index (χ0n) is 12.1. The van der Waals surface area contributed by atoms with Gasteiger partial charge < -0.3 is 0 Å². The molecule has 0 aromatic heterocycles. The number of primary sulfonamides is 1. The topological polar surface area (TPSA) is 130 Å². The molecule has 126 valence electrons. The van der Waals surface area contributed by atoms with E-state index in [9.17, 15) is 22.4 Å². The maximum atomic E-state index is 12.8. The summed E-state index contributed by atoms with van der Waals surface area (Å²) in [6.07, 6.45) is 0. The number of anilines is 1. The fourth-order valence-corrected chi connectivity index (χ4v) is 2.18. The first-order chi connectivity index (χ1) is 11.3. The molecule has 2 rings (SSSR count). The Morgan fingerprint density at radius 1 is 0.958 bits per heavy atom. The maximum absolute atomic E-state index is 12.8. The third-order valence-electron chi connectivity index (χ3n) is 2.84. The van der Waals surface area contributed by atoms with E-state index in [1.165, 1.54) is 36.4 Å². The van der Waals surface area contributed by atoms with Gasteiger partial charge in [-0.2, -0.15) is 0 Å². The van der Waals surface area contributed by atoms with Gasteiger partial charge in [-0.05, 0) is 48.5 Å². The quantitative estimate of drug-likeness (QED) is 0.608. The Balaban J connectivity index is 1.89. The molecule has 0 bridgehead atoms. The number of carbonyl (C=O) groups excluding carboxylic acids is 2. The van der Waals surface area contributed by atoms with E-state index in [1.54, 1.807) is 0 Å². The molecule has 0 heterocycles. The number of sulfonamides is 1. The second-order valence-electron chi connectivity index (χ2n) is 4.61. The van der Waals surface area contributed by atoms with Crippen LogP contribution in [0.25, 0.3) is 0 Å². The number of hydrogen-bond acceptors (Lipinski definition) is 5. The summed E-state index contributed by atoms with van der Waals surface area (Å²) in [4.78, 5) is 23.2. The number of hydrazine groups is 1. The molecule has 2 aromatic carbocycles. The fraction of sp³-hybridized carbons (Fsp3) is 0. The van der Waals surface area contributed by atoms with Gasteiger partial charge >= 0.3 is 6.03 Å². The Bertz CT molecular complexity index is 851. The smallest absolute Gasteiger partial charge is 0.297 e. The van der Waals surface area contributed by atoms with E-state index in [2.05, 4.69) is 10.9 Å². The van der Waals surface area contributed by atoms with Crippen molar-refractivity contribution in [3.8, 4) is 0 Å². The van der Waals surface area contributed by atoms with Crippen molar-refractivity contribution in [3.63, 3.8) is 0 Å². The SMILES string of the molecule is NS(=O)(=O)c1ccc(NNC(=O)NC(=O)c2ccc(F)cc2)cc1. The molecule has 5 N–H and O–H groups in total. The molecular weight excluding hydrogens is 339 g/mol. The normalized spacial score (nSPS) is 10.8. The Morgan fingerprint density at radius 3 is 2.08 bits per heavy atom. The molecule has 0 saturated heterocycles. The fourth-order valence-electron chi connectivity index (χ4n) is 1.66. The highest BCUT2D eigenvalue weighted by atomic mass is 32.2. The summed E-state index contributed by atoms with van der Waals surface area (Å²) >= 11 is 0. The molecule has 0 saturated carbocycles. The van der Waals surface area contributed by atoms with Gasteiger partial charge in [0.05, 0.1) is 10.6 Å². The lowest BCUT2D eigenvalue weighted by Gasteiger charge is -2.09. The predicted molar refractivity (Wildman–Crippen MR) is 83.8 cm³/mol. The summed E-state index contributed by atoms with van der Waals surface area (Å²) < 4.78 is 35.0. The molecular formula is C14H13FN4O4S. The largest absolute Gasteiger partial charge is 0.340 e. The molecule has 0 radical (unpaired) electrons. The zero-order chi connectivity index (χ0) is 17.7. The van der Waals surface area contributed by atoms with Crippen molar-refractivity contribution in [2.75, 3.05) is 5.43 Å². The Labute approximate surface area is 136 Å². The molecule has 0 aliphatic rings. The molecule has 0 fully saturated rings. The van der Waals surface area contributed by atoms with Crippen LogP contribution in [0.15, 0.2) is 53.4 Å². The zero-order valence-corrected chi connectivity index (χ0v) is 12.9.